The highest BCUT2D eigenvalue weighted by atomic mass is 14.5. The molecule has 0 radical (unpaired) electrons. The fourth-order valence-corrected chi connectivity index (χ4v) is 1.43. The molecule has 0 aliphatic heterocycles. The van der Waals surface area contributed by atoms with Crippen molar-refractivity contribution in [1.82, 2.24) is 0 Å². The second-order valence-corrected chi connectivity index (χ2v) is 3.67. The molecule has 0 spiro atoms. The first-order chi connectivity index (χ1) is 8.36. The van der Waals surface area contributed by atoms with E-state index in [1.807, 2.05) is 0 Å². The van der Waals surface area contributed by atoms with Crippen LogP contribution in [0.2, 0.25) is 0 Å². The summed E-state index contributed by atoms with van der Waals surface area (Å²) in [5, 5.41) is 0. The fourth-order valence-electron chi connectivity index (χ4n) is 1.43. The van der Waals surface area contributed by atoms with E-state index in [9.17, 15) is 0 Å². The summed E-state index contributed by atoms with van der Waals surface area (Å²) in [4.78, 5) is 0. The lowest BCUT2D eigenvalue weighted by Gasteiger charge is -2.00. The minimum absolute atomic E-state index is 0.583. The van der Waals surface area contributed by atoms with Gasteiger partial charge in [0.15, 0.2) is 0 Å². The first kappa shape index (κ1) is 13.2. The maximum atomic E-state index is 4.91. The van der Waals surface area contributed by atoms with Crippen molar-refractivity contribution >= 4 is 0 Å². The number of rotatable bonds is 3. The highest BCUT2D eigenvalue weighted by molar-refractivity contribution is 5.25. The van der Waals surface area contributed by atoms with Crippen LogP contribution in [0.4, 0.5) is 0 Å². The van der Waals surface area contributed by atoms with E-state index in [0.29, 0.717) is 6.54 Å². The monoisotopic (exact) mass is 225 g/mol. The standard InChI is InChI=1S/C13H12.C3H7N/c1-3-7-12(8-4-1)11-13-9-5-2-6-10-13;1-2-3-4/h1-10H,11H2;2H,1,3-4H2. The molecule has 0 aromatic heterocycles. The average molecular weight is 225 g/mol. The van der Waals surface area contributed by atoms with E-state index in [0.717, 1.165) is 6.42 Å². The normalized spacial score (nSPS) is 9.00. The molecule has 0 amide bonds. The molecule has 2 aromatic rings. The summed E-state index contributed by atoms with van der Waals surface area (Å²) in [6, 6.07) is 21.1. The second kappa shape index (κ2) is 8.31. The van der Waals surface area contributed by atoms with Crippen molar-refractivity contribution in [2.45, 2.75) is 6.42 Å². The van der Waals surface area contributed by atoms with Crippen LogP contribution in [0.5, 0.6) is 0 Å². The minimum Gasteiger partial charge on any atom is -0.327 e. The molecule has 0 aliphatic rings. The van der Waals surface area contributed by atoms with Crippen molar-refractivity contribution in [3.8, 4) is 0 Å². The minimum atomic E-state index is 0.583. The van der Waals surface area contributed by atoms with Crippen molar-refractivity contribution in [2.24, 2.45) is 5.73 Å². The number of nitrogens with two attached hydrogens (primary N) is 1. The predicted molar refractivity (Wildman–Crippen MR) is 74.9 cm³/mol. The molecule has 17 heavy (non-hydrogen) atoms. The van der Waals surface area contributed by atoms with Gasteiger partial charge in [-0.3, -0.25) is 0 Å². The summed E-state index contributed by atoms with van der Waals surface area (Å²) in [5.74, 6) is 0. The summed E-state index contributed by atoms with van der Waals surface area (Å²) in [7, 11) is 0. The van der Waals surface area contributed by atoms with E-state index >= 15 is 0 Å². The van der Waals surface area contributed by atoms with Crippen molar-refractivity contribution < 1.29 is 0 Å². The van der Waals surface area contributed by atoms with Gasteiger partial charge in [-0.25, -0.2) is 0 Å². The largest absolute Gasteiger partial charge is 0.327 e. The first-order valence-electron chi connectivity index (χ1n) is 5.75. The third-order valence-corrected chi connectivity index (χ3v) is 2.26. The molecule has 0 saturated heterocycles. The topological polar surface area (TPSA) is 26.0 Å². The third-order valence-electron chi connectivity index (χ3n) is 2.26. The summed E-state index contributed by atoms with van der Waals surface area (Å²) in [6.07, 6.45) is 2.68. The molecule has 88 valence electrons. The lowest BCUT2D eigenvalue weighted by molar-refractivity contribution is 1.19. The molecule has 0 fully saturated rings. The van der Waals surface area contributed by atoms with Gasteiger partial charge in [0.1, 0.15) is 0 Å². The van der Waals surface area contributed by atoms with Crippen molar-refractivity contribution in [3.63, 3.8) is 0 Å². The van der Waals surface area contributed by atoms with Crippen LogP contribution < -0.4 is 5.73 Å². The van der Waals surface area contributed by atoms with Crippen LogP contribution in [0.15, 0.2) is 73.3 Å². The van der Waals surface area contributed by atoms with E-state index in [4.69, 9.17) is 5.73 Å². The molecule has 0 bridgehead atoms. The van der Waals surface area contributed by atoms with Crippen LogP contribution in [-0.2, 0) is 6.42 Å². The van der Waals surface area contributed by atoms with E-state index < -0.39 is 0 Å². The Morgan fingerprint density at radius 3 is 1.47 bits per heavy atom. The van der Waals surface area contributed by atoms with Crippen LogP contribution in [0.1, 0.15) is 11.1 Å². The Labute approximate surface area is 104 Å². The van der Waals surface area contributed by atoms with E-state index in [1.54, 1.807) is 6.08 Å². The van der Waals surface area contributed by atoms with Crippen LogP contribution >= 0.6 is 0 Å². The lowest BCUT2D eigenvalue weighted by atomic mass is 10.1. The summed E-state index contributed by atoms with van der Waals surface area (Å²) < 4.78 is 0. The van der Waals surface area contributed by atoms with Gasteiger partial charge in [0, 0.05) is 6.54 Å². The van der Waals surface area contributed by atoms with Gasteiger partial charge in [-0.2, -0.15) is 0 Å². The number of benzene rings is 2. The van der Waals surface area contributed by atoms with Gasteiger partial charge in [0.05, 0.1) is 0 Å². The molecule has 1 heteroatoms. The molecule has 0 unspecified atom stereocenters. The molecule has 2 aromatic carbocycles. The van der Waals surface area contributed by atoms with Crippen LogP contribution in [0, 0.1) is 0 Å². The van der Waals surface area contributed by atoms with Gasteiger partial charge in [-0.1, -0.05) is 66.7 Å². The summed E-state index contributed by atoms with van der Waals surface area (Å²) in [6.45, 7) is 3.94. The van der Waals surface area contributed by atoms with Crippen LogP contribution in [0.3, 0.4) is 0 Å². The van der Waals surface area contributed by atoms with E-state index in [2.05, 4.69) is 67.2 Å². The van der Waals surface area contributed by atoms with Gasteiger partial charge < -0.3 is 5.73 Å². The molecule has 0 heterocycles. The van der Waals surface area contributed by atoms with Gasteiger partial charge in [-0.15, -0.1) is 6.58 Å². The zero-order chi connectivity index (χ0) is 12.3. The maximum absolute atomic E-state index is 4.91. The molecule has 0 saturated carbocycles. The van der Waals surface area contributed by atoms with E-state index in [-0.39, 0.29) is 0 Å². The van der Waals surface area contributed by atoms with Crippen molar-refractivity contribution in [2.75, 3.05) is 6.54 Å². The quantitative estimate of drug-likeness (QED) is 0.796. The highest BCUT2D eigenvalue weighted by Gasteiger charge is 1.92. The molecular weight excluding hydrogens is 206 g/mol. The second-order valence-electron chi connectivity index (χ2n) is 3.67. The molecule has 2 rings (SSSR count). The third kappa shape index (κ3) is 5.69. The van der Waals surface area contributed by atoms with Crippen LogP contribution in [0.25, 0.3) is 0 Å². The Morgan fingerprint density at radius 1 is 0.824 bits per heavy atom. The van der Waals surface area contributed by atoms with Crippen molar-refractivity contribution in [3.05, 3.63) is 84.4 Å². The van der Waals surface area contributed by atoms with Crippen LogP contribution in [-0.4, -0.2) is 6.54 Å². The molecule has 1 nitrogen and oxygen atoms in total. The summed E-state index contributed by atoms with van der Waals surface area (Å²) >= 11 is 0. The molecule has 0 atom stereocenters. The van der Waals surface area contributed by atoms with Gasteiger partial charge in [0.2, 0.25) is 0 Å². The zero-order valence-electron chi connectivity index (χ0n) is 10.0. The highest BCUT2D eigenvalue weighted by Crippen LogP contribution is 2.07. The van der Waals surface area contributed by atoms with Crippen molar-refractivity contribution in [1.29, 1.82) is 0 Å². The molecular formula is C16H19N. The van der Waals surface area contributed by atoms with E-state index in [1.165, 1.54) is 11.1 Å². The molecule has 0 aliphatic carbocycles. The lowest BCUT2D eigenvalue weighted by Crippen LogP contribution is -1.90. The molecule has 2 N–H and O–H groups in total. The average Bonchev–Trinajstić information content (AvgIpc) is 2.41. The zero-order valence-corrected chi connectivity index (χ0v) is 10.0. The Morgan fingerprint density at radius 2 is 1.18 bits per heavy atom. The van der Waals surface area contributed by atoms with Gasteiger partial charge >= 0.3 is 0 Å². The Hall–Kier alpha value is -1.86. The number of hydrogen-bond donors (Lipinski definition) is 1. The number of hydrogen-bond acceptors (Lipinski definition) is 1. The fraction of sp³-hybridized carbons (Fsp3) is 0.125. The Balaban J connectivity index is 0.000000317. The maximum Gasteiger partial charge on any atom is 0.0104 e. The smallest absolute Gasteiger partial charge is 0.0104 e. The SMILES string of the molecule is C=CCN.c1ccc(Cc2ccccc2)cc1. The Kier molecular flexibility index (Phi) is 6.46. The predicted octanol–water partition coefficient (Wildman–Crippen LogP) is 3.41. The van der Waals surface area contributed by atoms with Gasteiger partial charge in [-0.05, 0) is 17.5 Å². The summed E-state index contributed by atoms with van der Waals surface area (Å²) in [5.41, 5.74) is 7.65. The Bertz CT molecular complexity index is 369. The first-order valence-corrected chi connectivity index (χ1v) is 5.75. The van der Waals surface area contributed by atoms with Gasteiger partial charge in [0.25, 0.3) is 0 Å².